The average Bonchev–Trinajstić information content (AvgIpc) is 2.60. The number of nitrogens with zero attached hydrogens (tertiary/aromatic N) is 3. The number of hydrogen-bond donors (Lipinski definition) is 1. The molecule has 24 heavy (non-hydrogen) atoms. The first kappa shape index (κ1) is 14.1. The van der Waals surface area contributed by atoms with Gasteiger partial charge >= 0.3 is 0 Å². The van der Waals surface area contributed by atoms with E-state index in [0.717, 1.165) is 16.3 Å². The molecule has 0 amide bonds. The van der Waals surface area contributed by atoms with E-state index in [0.29, 0.717) is 16.7 Å². The van der Waals surface area contributed by atoms with E-state index in [1.54, 1.807) is 6.07 Å². The summed E-state index contributed by atoms with van der Waals surface area (Å²) < 4.78 is 0. The standard InChI is InChI=1S/C18H12N4O2/c19-17-15-10-12(22(23)24)8-9-16(15)20-18(21-17)14-7-3-5-11-4-1-2-6-13(11)14/h1-10H,(H2,19,20,21). The Bertz CT molecular complexity index is 1100. The minimum Gasteiger partial charge on any atom is -0.383 e. The molecule has 1 aromatic heterocycles. The van der Waals surface area contributed by atoms with Gasteiger partial charge in [0.25, 0.3) is 5.69 Å². The Kier molecular flexibility index (Phi) is 3.09. The first-order chi connectivity index (χ1) is 11.6. The van der Waals surface area contributed by atoms with Gasteiger partial charge in [-0.3, -0.25) is 10.1 Å². The normalized spacial score (nSPS) is 11.0. The van der Waals surface area contributed by atoms with E-state index >= 15 is 0 Å². The molecule has 0 unspecified atom stereocenters. The van der Waals surface area contributed by atoms with Crippen LogP contribution in [0.2, 0.25) is 0 Å². The smallest absolute Gasteiger partial charge is 0.270 e. The summed E-state index contributed by atoms with van der Waals surface area (Å²) in [5.41, 5.74) is 7.46. The molecule has 6 nitrogen and oxygen atoms in total. The molecule has 0 aliphatic rings. The number of nitro benzene ring substituents is 1. The monoisotopic (exact) mass is 316 g/mol. The molecule has 0 saturated carbocycles. The molecular weight excluding hydrogens is 304 g/mol. The highest BCUT2D eigenvalue weighted by molar-refractivity contribution is 5.97. The highest BCUT2D eigenvalue weighted by Gasteiger charge is 2.13. The van der Waals surface area contributed by atoms with Crippen LogP contribution >= 0.6 is 0 Å². The summed E-state index contributed by atoms with van der Waals surface area (Å²) in [6.45, 7) is 0. The van der Waals surface area contributed by atoms with Gasteiger partial charge in [-0.1, -0.05) is 42.5 Å². The van der Waals surface area contributed by atoms with Crippen LogP contribution in [-0.2, 0) is 0 Å². The molecule has 0 aliphatic heterocycles. The number of nitrogen functional groups attached to an aromatic ring is 1. The summed E-state index contributed by atoms with van der Waals surface area (Å²) in [6.07, 6.45) is 0. The van der Waals surface area contributed by atoms with Gasteiger partial charge in [0.05, 0.1) is 10.4 Å². The molecule has 1 heterocycles. The number of benzene rings is 3. The number of hydrogen-bond acceptors (Lipinski definition) is 5. The second-order valence-electron chi connectivity index (χ2n) is 5.42. The van der Waals surface area contributed by atoms with E-state index in [2.05, 4.69) is 9.97 Å². The topological polar surface area (TPSA) is 94.9 Å². The Morgan fingerprint density at radius 3 is 2.54 bits per heavy atom. The molecule has 6 heteroatoms. The van der Waals surface area contributed by atoms with Crippen molar-refractivity contribution in [3.8, 4) is 11.4 Å². The van der Waals surface area contributed by atoms with Gasteiger partial charge in [-0.25, -0.2) is 9.97 Å². The van der Waals surface area contributed by atoms with Crippen LogP contribution in [-0.4, -0.2) is 14.9 Å². The third kappa shape index (κ3) is 2.21. The largest absolute Gasteiger partial charge is 0.383 e. The molecule has 0 atom stereocenters. The molecule has 4 rings (SSSR count). The van der Waals surface area contributed by atoms with Gasteiger partial charge in [0.1, 0.15) is 5.82 Å². The number of non-ortho nitro benzene ring substituents is 1. The number of nitrogens with two attached hydrogens (primary N) is 1. The van der Waals surface area contributed by atoms with Crippen molar-refractivity contribution in [2.45, 2.75) is 0 Å². The zero-order valence-electron chi connectivity index (χ0n) is 12.5. The zero-order valence-corrected chi connectivity index (χ0v) is 12.5. The summed E-state index contributed by atoms with van der Waals surface area (Å²) in [5.74, 6) is 0.734. The Labute approximate surface area is 136 Å². The molecule has 0 radical (unpaired) electrons. The minimum absolute atomic E-state index is 0.0317. The zero-order chi connectivity index (χ0) is 16.7. The predicted octanol–water partition coefficient (Wildman–Crippen LogP) is 3.94. The summed E-state index contributed by atoms with van der Waals surface area (Å²) in [6, 6.07) is 18.3. The summed E-state index contributed by atoms with van der Waals surface area (Å²) in [4.78, 5) is 19.4. The van der Waals surface area contributed by atoms with Crippen molar-refractivity contribution in [1.29, 1.82) is 0 Å². The lowest BCUT2D eigenvalue weighted by atomic mass is 10.0. The van der Waals surface area contributed by atoms with Crippen molar-refractivity contribution in [3.63, 3.8) is 0 Å². The number of aromatic nitrogens is 2. The van der Waals surface area contributed by atoms with Gasteiger partial charge in [-0.05, 0) is 16.8 Å². The summed E-state index contributed by atoms with van der Waals surface area (Å²) in [5, 5.41) is 13.5. The molecular formula is C18H12N4O2. The van der Waals surface area contributed by atoms with Crippen LogP contribution in [0.3, 0.4) is 0 Å². The van der Waals surface area contributed by atoms with E-state index < -0.39 is 4.92 Å². The molecule has 0 bridgehead atoms. The highest BCUT2D eigenvalue weighted by Crippen LogP contribution is 2.30. The van der Waals surface area contributed by atoms with Gasteiger partial charge in [0.15, 0.2) is 5.82 Å². The molecule has 0 fully saturated rings. The molecule has 116 valence electrons. The first-order valence-corrected chi connectivity index (χ1v) is 7.33. The van der Waals surface area contributed by atoms with E-state index in [-0.39, 0.29) is 11.5 Å². The van der Waals surface area contributed by atoms with Crippen molar-refractivity contribution in [3.05, 3.63) is 70.8 Å². The van der Waals surface area contributed by atoms with Crippen molar-refractivity contribution in [2.24, 2.45) is 0 Å². The third-order valence-corrected chi connectivity index (χ3v) is 3.95. The summed E-state index contributed by atoms with van der Waals surface area (Å²) in [7, 11) is 0. The van der Waals surface area contributed by atoms with Gasteiger partial charge in [0.2, 0.25) is 0 Å². The lowest BCUT2D eigenvalue weighted by Gasteiger charge is -2.08. The van der Waals surface area contributed by atoms with Gasteiger partial charge in [0, 0.05) is 23.1 Å². The van der Waals surface area contributed by atoms with Crippen LogP contribution in [0, 0.1) is 10.1 Å². The fourth-order valence-corrected chi connectivity index (χ4v) is 2.79. The number of rotatable bonds is 2. The average molecular weight is 316 g/mol. The molecule has 0 saturated heterocycles. The van der Waals surface area contributed by atoms with E-state index in [1.807, 2.05) is 42.5 Å². The molecule has 0 spiro atoms. The van der Waals surface area contributed by atoms with Crippen molar-refractivity contribution < 1.29 is 4.92 Å². The minimum atomic E-state index is -0.461. The Balaban J connectivity index is 1.97. The van der Waals surface area contributed by atoms with Crippen molar-refractivity contribution in [2.75, 3.05) is 5.73 Å². The van der Waals surface area contributed by atoms with Crippen LogP contribution < -0.4 is 5.73 Å². The molecule has 0 aliphatic carbocycles. The second kappa shape index (κ2) is 5.27. The summed E-state index contributed by atoms with van der Waals surface area (Å²) >= 11 is 0. The lowest BCUT2D eigenvalue weighted by molar-refractivity contribution is -0.384. The number of anilines is 1. The molecule has 3 aromatic carbocycles. The van der Waals surface area contributed by atoms with Crippen LogP contribution in [0.25, 0.3) is 33.1 Å². The predicted molar refractivity (Wildman–Crippen MR) is 93.5 cm³/mol. The fourth-order valence-electron chi connectivity index (χ4n) is 2.79. The van der Waals surface area contributed by atoms with Crippen LogP contribution in [0.1, 0.15) is 0 Å². The Hall–Kier alpha value is -3.54. The van der Waals surface area contributed by atoms with Crippen LogP contribution in [0.15, 0.2) is 60.7 Å². The number of fused-ring (bicyclic) bond motifs is 2. The van der Waals surface area contributed by atoms with E-state index in [9.17, 15) is 10.1 Å². The van der Waals surface area contributed by atoms with Gasteiger partial charge in [-0.2, -0.15) is 0 Å². The van der Waals surface area contributed by atoms with Gasteiger partial charge < -0.3 is 5.73 Å². The quantitative estimate of drug-likeness (QED) is 0.446. The van der Waals surface area contributed by atoms with E-state index in [4.69, 9.17) is 5.73 Å². The SMILES string of the molecule is Nc1nc(-c2cccc3ccccc23)nc2ccc([N+](=O)[O-])cc12. The molecule has 4 aromatic rings. The van der Waals surface area contributed by atoms with Crippen LogP contribution in [0.5, 0.6) is 0 Å². The maximum absolute atomic E-state index is 10.9. The third-order valence-electron chi connectivity index (χ3n) is 3.95. The van der Waals surface area contributed by atoms with E-state index in [1.165, 1.54) is 12.1 Å². The Morgan fingerprint density at radius 1 is 0.917 bits per heavy atom. The van der Waals surface area contributed by atoms with Crippen molar-refractivity contribution >= 4 is 33.2 Å². The van der Waals surface area contributed by atoms with Gasteiger partial charge in [-0.15, -0.1) is 0 Å². The number of nitro groups is 1. The second-order valence-corrected chi connectivity index (χ2v) is 5.42. The first-order valence-electron chi connectivity index (χ1n) is 7.33. The molecule has 2 N–H and O–H groups in total. The van der Waals surface area contributed by atoms with Crippen LogP contribution in [0.4, 0.5) is 11.5 Å². The maximum atomic E-state index is 10.9. The maximum Gasteiger partial charge on any atom is 0.270 e. The Morgan fingerprint density at radius 2 is 1.71 bits per heavy atom. The fraction of sp³-hybridized carbons (Fsp3) is 0. The van der Waals surface area contributed by atoms with Crippen molar-refractivity contribution in [1.82, 2.24) is 9.97 Å². The lowest BCUT2D eigenvalue weighted by Crippen LogP contribution is -1.99. The highest BCUT2D eigenvalue weighted by atomic mass is 16.6.